The quantitative estimate of drug-likeness (QED) is 0.462. The number of unbranched alkanes of at least 4 members (excludes halogenated alkanes) is 4. The van der Waals surface area contributed by atoms with Gasteiger partial charge in [-0.25, -0.2) is 4.79 Å². The van der Waals surface area contributed by atoms with Crippen molar-refractivity contribution >= 4 is 5.97 Å². The van der Waals surface area contributed by atoms with E-state index >= 15 is 0 Å². The first-order valence-corrected chi connectivity index (χ1v) is 6.55. The maximum atomic E-state index is 10.9. The predicted octanol–water partition coefficient (Wildman–Crippen LogP) is 4.55. The maximum Gasteiger partial charge on any atom is 0.331 e. The molecule has 0 unspecified atom stereocenters. The fourth-order valence-corrected chi connectivity index (χ4v) is 1.89. The number of carbonyl (C=O) groups is 1. The molecule has 0 aromatic rings. The van der Waals surface area contributed by atoms with Crippen LogP contribution < -0.4 is 0 Å². The summed E-state index contributed by atoms with van der Waals surface area (Å²) in [6.07, 6.45) is 9.14. The van der Waals surface area contributed by atoms with Crippen molar-refractivity contribution in [2.24, 2.45) is 0 Å². The van der Waals surface area contributed by atoms with Crippen LogP contribution in [0.5, 0.6) is 0 Å². The van der Waals surface area contributed by atoms with Crippen molar-refractivity contribution in [3.8, 4) is 0 Å². The van der Waals surface area contributed by atoms with Gasteiger partial charge in [0.05, 0.1) is 0 Å². The third kappa shape index (κ3) is 6.65. The van der Waals surface area contributed by atoms with E-state index in [1.54, 1.807) is 6.92 Å². The summed E-state index contributed by atoms with van der Waals surface area (Å²) in [6, 6.07) is 0. The number of carboxylic acids is 1. The molecule has 0 aliphatic heterocycles. The third-order valence-corrected chi connectivity index (χ3v) is 2.99. The molecule has 0 aromatic carbocycles. The molecule has 0 saturated carbocycles. The van der Waals surface area contributed by atoms with Gasteiger partial charge in [0.15, 0.2) is 0 Å². The Balaban J connectivity index is 4.04. The summed E-state index contributed by atoms with van der Waals surface area (Å²) in [5.41, 5.74) is 1.71. The van der Waals surface area contributed by atoms with Crippen LogP contribution in [0.2, 0.25) is 0 Å². The second kappa shape index (κ2) is 9.44. The first kappa shape index (κ1) is 15.2. The van der Waals surface area contributed by atoms with Crippen molar-refractivity contribution in [2.45, 2.75) is 72.1 Å². The van der Waals surface area contributed by atoms with Crippen LogP contribution in [0.1, 0.15) is 72.1 Å². The Kier molecular flexibility index (Phi) is 8.97. The molecule has 0 aliphatic carbocycles. The van der Waals surface area contributed by atoms with Gasteiger partial charge in [0.25, 0.3) is 0 Å². The van der Waals surface area contributed by atoms with Gasteiger partial charge < -0.3 is 5.11 Å². The monoisotopic (exact) mass is 226 g/mol. The van der Waals surface area contributed by atoms with Crippen LogP contribution in [0.25, 0.3) is 0 Å². The molecule has 0 bridgehead atoms. The summed E-state index contributed by atoms with van der Waals surface area (Å²) in [4.78, 5) is 10.9. The van der Waals surface area contributed by atoms with Crippen LogP contribution >= 0.6 is 0 Å². The topological polar surface area (TPSA) is 37.3 Å². The number of rotatable bonds is 9. The molecule has 0 saturated heterocycles. The summed E-state index contributed by atoms with van der Waals surface area (Å²) < 4.78 is 0. The van der Waals surface area contributed by atoms with E-state index in [-0.39, 0.29) is 0 Å². The highest BCUT2D eigenvalue weighted by atomic mass is 16.4. The van der Waals surface area contributed by atoms with Crippen LogP contribution in [0.4, 0.5) is 0 Å². The Hall–Kier alpha value is -0.790. The normalized spacial score (nSPS) is 12.4. The van der Waals surface area contributed by atoms with Crippen molar-refractivity contribution in [2.75, 3.05) is 0 Å². The minimum atomic E-state index is -0.753. The predicted molar refractivity (Wildman–Crippen MR) is 68.6 cm³/mol. The molecule has 1 N–H and O–H groups in total. The van der Waals surface area contributed by atoms with E-state index in [0.29, 0.717) is 5.57 Å². The van der Waals surface area contributed by atoms with Gasteiger partial charge in [0.1, 0.15) is 0 Å². The molecule has 0 radical (unpaired) electrons. The summed E-state index contributed by atoms with van der Waals surface area (Å²) in [6.45, 7) is 6.04. The Bertz CT molecular complexity index is 229. The molecule has 0 rings (SSSR count). The molecular weight excluding hydrogens is 200 g/mol. The van der Waals surface area contributed by atoms with Crippen LogP contribution in [0, 0.1) is 0 Å². The Morgan fingerprint density at radius 2 is 1.56 bits per heavy atom. The highest BCUT2D eigenvalue weighted by molar-refractivity contribution is 5.86. The van der Waals surface area contributed by atoms with Gasteiger partial charge in [-0.1, -0.05) is 51.5 Å². The molecule has 94 valence electrons. The molecule has 0 amide bonds. The van der Waals surface area contributed by atoms with Crippen molar-refractivity contribution in [1.29, 1.82) is 0 Å². The summed E-state index contributed by atoms with van der Waals surface area (Å²) in [5, 5.41) is 8.96. The van der Waals surface area contributed by atoms with Crippen molar-refractivity contribution in [3.63, 3.8) is 0 Å². The van der Waals surface area contributed by atoms with Gasteiger partial charge in [0.2, 0.25) is 0 Å². The standard InChI is InChI=1S/C14H26O2/c1-4-6-7-8-9-11-13(10-5-2)12(3)14(15)16/h4-11H2,1-3H3,(H,15,16)/b13-12-. The van der Waals surface area contributed by atoms with Gasteiger partial charge in [-0.3, -0.25) is 0 Å². The minimum Gasteiger partial charge on any atom is -0.478 e. The summed E-state index contributed by atoms with van der Waals surface area (Å²) >= 11 is 0. The van der Waals surface area contributed by atoms with E-state index in [9.17, 15) is 4.79 Å². The van der Waals surface area contributed by atoms with Gasteiger partial charge >= 0.3 is 5.97 Å². The molecule has 0 spiro atoms. The molecular formula is C14H26O2. The maximum absolute atomic E-state index is 10.9. The Labute approximate surface area is 99.7 Å². The molecule has 2 nitrogen and oxygen atoms in total. The van der Waals surface area contributed by atoms with Crippen molar-refractivity contribution in [3.05, 3.63) is 11.1 Å². The van der Waals surface area contributed by atoms with E-state index in [1.807, 2.05) is 0 Å². The highest BCUT2D eigenvalue weighted by Gasteiger charge is 2.08. The van der Waals surface area contributed by atoms with Gasteiger partial charge in [-0.05, 0) is 26.2 Å². The van der Waals surface area contributed by atoms with E-state index < -0.39 is 5.97 Å². The van der Waals surface area contributed by atoms with E-state index in [0.717, 1.165) is 31.3 Å². The molecule has 16 heavy (non-hydrogen) atoms. The van der Waals surface area contributed by atoms with Gasteiger partial charge in [0, 0.05) is 5.57 Å². The number of aliphatic carboxylic acids is 1. The number of carboxylic acid groups (broad SMARTS) is 1. The molecule has 2 heteroatoms. The second-order valence-electron chi connectivity index (χ2n) is 4.45. The fraction of sp³-hybridized carbons (Fsp3) is 0.786. The van der Waals surface area contributed by atoms with Gasteiger partial charge in [-0.2, -0.15) is 0 Å². The summed E-state index contributed by atoms with van der Waals surface area (Å²) in [7, 11) is 0. The van der Waals surface area contributed by atoms with E-state index in [2.05, 4.69) is 13.8 Å². The average molecular weight is 226 g/mol. The zero-order valence-corrected chi connectivity index (χ0v) is 11.0. The largest absolute Gasteiger partial charge is 0.478 e. The molecule has 0 aliphatic rings. The zero-order valence-electron chi connectivity index (χ0n) is 11.0. The summed E-state index contributed by atoms with van der Waals surface area (Å²) in [5.74, 6) is -0.753. The number of hydrogen-bond acceptors (Lipinski definition) is 1. The zero-order chi connectivity index (χ0) is 12.4. The van der Waals surface area contributed by atoms with Crippen LogP contribution in [-0.2, 0) is 4.79 Å². The molecule has 0 heterocycles. The highest BCUT2D eigenvalue weighted by Crippen LogP contribution is 2.19. The average Bonchev–Trinajstić information content (AvgIpc) is 2.26. The van der Waals surface area contributed by atoms with Crippen LogP contribution in [0.3, 0.4) is 0 Å². The lowest BCUT2D eigenvalue weighted by Crippen LogP contribution is -2.01. The van der Waals surface area contributed by atoms with Crippen LogP contribution in [0.15, 0.2) is 11.1 Å². The lowest BCUT2D eigenvalue weighted by Gasteiger charge is -2.08. The number of allylic oxidation sites excluding steroid dienone is 1. The second-order valence-corrected chi connectivity index (χ2v) is 4.45. The fourth-order valence-electron chi connectivity index (χ4n) is 1.89. The van der Waals surface area contributed by atoms with Crippen molar-refractivity contribution < 1.29 is 9.90 Å². The lowest BCUT2D eigenvalue weighted by molar-refractivity contribution is -0.132. The molecule has 0 atom stereocenters. The van der Waals surface area contributed by atoms with E-state index in [4.69, 9.17) is 5.11 Å². The first-order valence-electron chi connectivity index (χ1n) is 6.55. The first-order chi connectivity index (χ1) is 7.63. The third-order valence-electron chi connectivity index (χ3n) is 2.99. The van der Waals surface area contributed by atoms with Gasteiger partial charge in [-0.15, -0.1) is 0 Å². The molecule has 0 fully saturated rings. The smallest absolute Gasteiger partial charge is 0.331 e. The molecule has 0 aromatic heterocycles. The lowest BCUT2D eigenvalue weighted by atomic mass is 9.98. The van der Waals surface area contributed by atoms with E-state index in [1.165, 1.54) is 25.7 Å². The Morgan fingerprint density at radius 3 is 2.06 bits per heavy atom. The Morgan fingerprint density at radius 1 is 0.938 bits per heavy atom. The SMILES string of the molecule is CCCCCCC/C(CCC)=C(/C)C(=O)O. The van der Waals surface area contributed by atoms with Crippen molar-refractivity contribution in [1.82, 2.24) is 0 Å². The minimum absolute atomic E-state index is 0.567. The van der Waals surface area contributed by atoms with Crippen LogP contribution in [-0.4, -0.2) is 11.1 Å². The number of hydrogen-bond donors (Lipinski definition) is 1.